The van der Waals surface area contributed by atoms with E-state index in [2.05, 4.69) is 13.0 Å². The first-order valence-electron chi connectivity index (χ1n) is 20.0. The lowest BCUT2D eigenvalue weighted by molar-refractivity contribution is -0.159. The van der Waals surface area contributed by atoms with Crippen LogP contribution in [0.5, 0.6) is 0 Å². The Kier molecular flexibility index (Phi) is 17.6. The quantitative estimate of drug-likeness (QED) is 0.164. The lowest BCUT2D eigenvalue weighted by Crippen LogP contribution is -2.50. The van der Waals surface area contributed by atoms with Crippen LogP contribution in [0.1, 0.15) is 86.0 Å². The Morgan fingerprint density at radius 2 is 1.57 bits per heavy atom. The molecule has 2 bridgehead atoms. The smallest absolute Gasteiger partial charge is 0.331 e. The maximum absolute atomic E-state index is 13.6. The predicted octanol–water partition coefficient (Wildman–Crippen LogP) is 5.12. The van der Waals surface area contributed by atoms with Crippen molar-refractivity contribution in [3.8, 4) is 0 Å². The van der Waals surface area contributed by atoms with Crippen molar-refractivity contribution in [2.75, 3.05) is 42.2 Å². The number of ether oxygens (including phenoxy) is 9. The number of esters is 1. The van der Waals surface area contributed by atoms with Crippen LogP contribution in [0.4, 0.5) is 0 Å². The van der Waals surface area contributed by atoms with E-state index in [1.54, 1.807) is 47.7 Å². The standard InChI is InChI=1S/C42H70O12/c1-25-14-17-39(44)54-41(29(5)40(45)26(2)15-16-32-20-33(46-6)19-27(3)52-32)28(4)35(47-7)23-38(50-10)42(24-51-42)37(49-9)22-31-13-11-12-30(53-31)21-36(48-8)34(43)18-25/h11-12,14,17-18,26-38,40-41,43,45H,13,15-16,19-24H2,1-10H3/b17-14+,25-18+/t26-,27-,28-,29-,30-,31-,32-,33+,34+,35+,36+,37+,38-,40-,41-,42-/m0/s1. The number of epoxide rings is 1. The van der Waals surface area contributed by atoms with Crippen molar-refractivity contribution >= 4 is 5.97 Å². The highest BCUT2D eigenvalue weighted by molar-refractivity contribution is 5.82. The average molecular weight is 767 g/mol. The lowest BCUT2D eigenvalue weighted by Gasteiger charge is -2.39. The van der Waals surface area contributed by atoms with Gasteiger partial charge in [0.1, 0.15) is 11.7 Å². The molecular weight excluding hydrogens is 696 g/mol. The van der Waals surface area contributed by atoms with Crippen LogP contribution in [0.15, 0.2) is 36.0 Å². The number of methoxy groups -OCH3 is 5. The first-order valence-corrected chi connectivity index (χ1v) is 20.0. The Bertz CT molecular complexity index is 1230. The van der Waals surface area contributed by atoms with E-state index >= 15 is 0 Å². The van der Waals surface area contributed by atoms with E-state index in [0.29, 0.717) is 31.4 Å². The number of cyclic esters (lactones) is 1. The van der Waals surface area contributed by atoms with Gasteiger partial charge < -0.3 is 52.8 Å². The van der Waals surface area contributed by atoms with Crippen molar-refractivity contribution in [2.45, 2.75) is 165 Å². The number of fused-ring (bicyclic) bond motifs is 2. The molecule has 0 aromatic carbocycles. The topological polar surface area (TPSA) is 144 Å². The van der Waals surface area contributed by atoms with E-state index in [1.807, 2.05) is 33.8 Å². The molecule has 1 spiro atoms. The third-order valence-corrected chi connectivity index (χ3v) is 12.4. The first kappa shape index (κ1) is 45.0. The van der Waals surface area contributed by atoms with Gasteiger partial charge in [-0.2, -0.15) is 0 Å². The van der Waals surface area contributed by atoms with Crippen LogP contribution in [0.3, 0.4) is 0 Å². The highest BCUT2D eigenvalue weighted by Gasteiger charge is 2.59. The number of hydrogen-bond donors (Lipinski definition) is 2. The second kappa shape index (κ2) is 21.2. The molecular formula is C42H70O12. The summed E-state index contributed by atoms with van der Waals surface area (Å²) in [5.74, 6) is -1.44. The zero-order valence-corrected chi connectivity index (χ0v) is 34.4. The summed E-state index contributed by atoms with van der Waals surface area (Å²) in [6.07, 6.45) is 10.0. The minimum atomic E-state index is -0.939. The van der Waals surface area contributed by atoms with E-state index < -0.39 is 54.1 Å². The normalized spacial score (nSPS) is 41.9. The molecule has 2 fully saturated rings. The molecule has 0 aromatic rings. The molecule has 4 aliphatic heterocycles. The second-order valence-electron chi connectivity index (χ2n) is 16.2. The number of hydrogen-bond acceptors (Lipinski definition) is 12. The SMILES string of the molecule is CO[C@H]1C[C@H](CC[C@H](C)[C@H](O)[C@H](C)[C@H]2OC(=O)/C=C/C(C)=C/[C@@H](O)[C@H](OC)C[C@@H]3C=CC[C@@H](C[C@@H](OC)[C@@]4(CO4)[C@@H](OC)C[C@@H](OC)[C@@H]2C)O3)O[C@@H](C)C1. The van der Waals surface area contributed by atoms with Crippen LogP contribution in [0, 0.1) is 17.8 Å². The Morgan fingerprint density at radius 3 is 2.20 bits per heavy atom. The molecule has 2 saturated heterocycles. The number of carbonyl (C=O) groups is 1. The Labute approximate surface area is 323 Å². The summed E-state index contributed by atoms with van der Waals surface area (Å²) in [6.45, 7) is 10.3. The van der Waals surface area contributed by atoms with Crippen LogP contribution in [-0.2, 0) is 47.4 Å². The molecule has 0 aromatic heterocycles. The molecule has 4 aliphatic rings. The van der Waals surface area contributed by atoms with Gasteiger partial charge in [0.25, 0.3) is 0 Å². The van der Waals surface area contributed by atoms with Gasteiger partial charge in [-0.1, -0.05) is 50.6 Å². The van der Waals surface area contributed by atoms with Crippen molar-refractivity contribution in [3.63, 3.8) is 0 Å². The Hall–Kier alpha value is -1.71. The predicted molar refractivity (Wildman–Crippen MR) is 204 cm³/mol. The van der Waals surface area contributed by atoms with Crippen LogP contribution in [0.25, 0.3) is 0 Å². The van der Waals surface area contributed by atoms with Crippen LogP contribution in [0.2, 0.25) is 0 Å². The fraction of sp³-hybridized carbons (Fsp3) is 0.833. The molecule has 0 aliphatic carbocycles. The molecule has 0 unspecified atom stereocenters. The van der Waals surface area contributed by atoms with E-state index in [-0.39, 0.29) is 48.5 Å². The summed E-state index contributed by atoms with van der Waals surface area (Å²) in [5.41, 5.74) is -0.0470. The summed E-state index contributed by atoms with van der Waals surface area (Å²) < 4.78 is 54.9. The van der Waals surface area contributed by atoms with Gasteiger partial charge in [0.15, 0.2) is 0 Å². The maximum atomic E-state index is 13.6. The fourth-order valence-electron chi connectivity index (χ4n) is 8.87. The fourth-order valence-corrected chi connectivity index (χ4v) is 8.87. The van der Waals surface area contributed by atoms with Gasteiger partial charge in [-0.05, 0) is 51.9 Å². The van der Waals surface area contributed by atoms with Gasteiger partial charge in [-0.25, -0.2) is 4.79 Å². The minimum absolute atomic E-state index is 0.0589. The number of rotatable bonds is 11. The van der Waals surface area contributed by atoms with E-state index in [1.165, 1.54) is 6.08 Å². The summed E-state index contributed by atoms with van der Waals surface area (Å²) >= 11 is 0. The minimum Gasteiger partial charge on any atom is -0.458 e. The van der Waals surface area contributed by atoms with Crippen molar-refractivity contribution in [1.82, 2.24) is 0 Å². The van der Waals surface area contributed by atoms with Crippen molar-refractivity contribution in [2.24, 2.45) is 17.8 Å². The van der Waals surface area contributed by atoms with Crippen LogP contribution in [-0.4, -0.2) is 137 Å². The molecule has 0 saturated carbocycles. The molecule has 2 N–H and O–H groups in total. The molecule has 0 amide bonds. The molecule has 16 atom stereocenters. The molecule has 12 nitrogen and oxygen atoms in total. The monoisotopic (exact) mass is 766 g/mol. The molecule has 54 heavy (non-hydrogen) atoms. The summed E-state index contributed by atoms with van der Waals surface area (Å²) in [6, 6.07) is 0. The van der Waals surface area contributed by atoms with Crippen LogP contribution >= 0.6 is 0 Å². The molecule has 4 rings (SSSR count). The van der Waals surface area contributed by atoms with Gasteiger partial charge in [0, 0.05) is 72.7 Å². The Morgan fingerprint density at radius 1 is 0.889 bits per heavy atom. The van der Waals surface area contributed by atoms with Crippen molar-refractivity contribution < 1.29 is 57.6 Å². The zero-order valence-electron chi connectivity index (χ0n) is 34.4. The van der Waals surface area contributed by atoms with E-state index in [0.717, 1.165) is 32.1 Å². The van der Waals surface area contributed by atoms with E-state index in [9.17, 15) is 15.0 Å². The maximum Gasteiger partial charge on any atom is 0.331 e. The molecule has 4 heterocycles. The highest BCUT2D eigenvalue weighted by Crippen LogP contribution is 2.43. The number of carbonyl (C=O) groups excluding carboxylic acids is 1. The molecule has 0 radical (unpaired) electrons. The zero-order chi connectivity index (χ0) is 39.6. The third-order valence-electron chi connectivity index (χ3n) is 12.4. The van der Waals surface area contributed by atoms with Gasteiger partial charge in [-0.3, -0.25) is 0 Å². The van der Waals surface area contributed by atoms with Crippen molar-refractivity contribution in [1.29, 1.82) is 0 Å². The van der Waals surface area contributed by atoms with Crippen molar-refractivity contribution in [3.05, 3.63) is 36.0 Å². The number of aliphatic hydroxyl groups excluding tert-OH is 2. The summed E-state index contributed by atoms with van der Waals surface area (Å²) in [4.78, 5) is 13.6. The van der Waals surface area contributed by atoms with E-state index in [4.69, 9.17) is 42.6 Å². The third kappa shape index (κ3) is 11.9. The molecule has 310 valence electrons. The second-order valence-corrected chi connectivity index (χ2v) is 16.2. The van der Waals surface area contributed by atoms with Gasteiger partial charge >= 0.3 is 5.97 Å². The Balaban J connectivity index is 1.61. The van der Waals surface area contributed by atoms with Gasteiger partial charge in [0.05, 0.1) is 73.8 Å². The summed E-state index contributed by atoms with van der Waals surface area (Å²) in [7, 11) is 8.31. The summed E-state index contributed by atoms with van der Waals surface area (Å²) in [5, 5.41) is 23.0. The highest BCUT2D eigenvalue weighted by atomic mass is 16.6. The lowest BCUT2D eigenvalue weighted by atomic mass is 9.78. The van der Waals surface area contributed by atoms with Gasteiger partial charge in [-0.15, -0.1) is 0 Å². The first-order chi connectivity index (χ1) is 25.8. The average Bonchev–Trinajstić information content (AvgIpc) is 3.97. The molecule has 12 heteroatoms. The largest absolute Gasteiger partial charge is 0.458 e. The van der Waals surface area contributed by atoms with Gasteiger partial charge in [0.2, 0.25) is 0 Å². The number of allylic oxidation sites excluding steroid dienone is 2. The van der Waals surface area contributed by atoms with Crippen LogP contribution < -0.4 is 0 Å². The number of aliphatic hydroxyl groups is 2.